The van der Waals surface area contributed by atoms with Crippen molar-refractivity contribution in [2.75, 3.05) is 5.75 Å². The fourth-order valence-corrected chi connectivity index (χ4v) is 3.93. The van der Waals surface area contributed by atoms with Gasteiger partial charge in [0.25, 0.3) is 5.91 Å². The minimum absolute atomic E-state index is 0.0774. The second kappa shape index (κ2) is 7.02. The summed E-state index contributed by atoms with van der Waals surface area (Å²) in [5.74, 6) is 0.0942. The molecule has 2 unspecified atom stereocenters. The summed E-state index contributed by atoms with van der Waals surface area (Å²) in [5, 5.41) is 12.5. The molecule has 21 heavy (non-hydrogen) atoms. The maximum atomic E-state index is 12.2. The van der Waals surface area contributed by atoms with Crippen LogP contribution in [0, 0.1) is 0 Å². The lowest BCUT2D eigenvalue weighted by molar-refractivity contribution is 0.0694. The fraction of sp³-hybridized carbons (Fsp3) is 0.600. The van der Waals surface area contributed by atoms with Gasteiger partial charge in [0.15, 0.2) is 5.76 Å². The summed E-state index contributed by atoms with van der Waals surface area (Å²) in [6, 6.07) is 1.47. The van der Waals surface area contributed by atoms with Gasteiger partial charge in [-0.25, -0.2) is 4.79 Å². The van der Waals surface area contributed by atoms with Crippen LogP contribution in [0.25, 0.3) is 0 Å². The van der Waals surface area contributed by atoms with Crippen LogP contribution >= 0.6 is 11.8 Å². The molecule has 0 spiro atoms. The number of carboxylic acid groups (broad SMARTS) is 1. The van der Waals surface area contributed by atoms with Gasteiger partial charge in [-0.1, -0.05) is 20.3 Å². The molecule has 0 radical (unpaired) electrons. The second-order valence-electron chi connectivity index (χ2n) is 5.11. The average Bonchev–Trinajstić information content (AvgIpc) is 3.06. The van der Waals surface area contributed by atoms with Crippen LogP contribution in [-0.4, -0.2) is 34.0 Å². The predicted molar refractivity (Wildman–Crippen MR) is 82.1 cm³/mol. The summed E-state index contributed by atoms with van der Waals surface area (Å²) in [6.07, 6.45) is 3.65. The molecule has 5 nitrogen and oxygen atoms in total. The molecule has 116 valence electrons. The molecule has 1 saturated carbocycles. The van der Waals surface area contributed by atoms with E-state index in [2.05, 4.69) is 12.2 Å². The van der Waals surface area contributed by atoms with E-state index < -0.39 is 5.97 Å². The quantitative estimate of drug-likeness (QED) is 0.844. The Balaban J connectivity index is 2.08. The van der Waals surface area contributed by atoms with E-state index in [9.17, 15) is 9.59 Å². The van der Waals surface area contributed by atoms with Gasteiger partial charge in [0, 0.05) is 23.8 Å². The lowest BCUT2D eigenvalue weighted by Crippen LogP contribution is -2.38. The molecule has 1 aliphatic carbocycles. The Hall–Kier alpha value is -1.43. The molecule has 0 aromatic carbocycles. The fourth-order valence-electron chi connectivity index (χ4n) is 2.73. The van der Waals surface area contributed by atoms with E-state index in [1.807, 2.05) is 11.8 Å². The van der Waals surface area contributed by atoms with E-state index in [1.54, 1.807) is 6.92 Å². The molecule has 1 aromatic rings. The van der Waals surface area contributed by atoms with Crippen molar-refractivity contribution in [1.29, 1.82) is 0 Å². The number of furan rings is 1. The number of carboxylic acids is 1. The maximum Gasteiger partial charge on any atom is 0.339 e. The highest BCUT2D eigenvalue weighted by Gasteiger charge is 2.30. The second-order valence-corrected chi connectivity index (χ2v) is 6.63. The molecule has 1 aromatic heterocycles. The molecule has 1 aliphatic rings. The number of rotatable bonds is 6. The first-order valence-corrected chi connectivity index (χ1v) is 8.40. The van der Waals surface area contributed by atoms with Crippen LogP contribution in [0.4, 0.5) is 0 Å². The Kier molecular flexibility index (Phi) is 5.33. The van der Waals surface area contributed by atoms with E-state index in [-0.39, 0.29) is 23.3 Å². The minimum Gasteiger partial charge on any atom is -0.478 e. The van der Waals surface area contributed by atoms with Crippen molar-refractivity contribution < 1.29 is 19.1 Å². The van der Waals surface area contributed by atoms with E-state index >= 15 is 0 Å². The first-order chi connectivity index (χ1) is 10.1. The first-order valence-electron chi connectivity index (χ1n) is 7.35. The van der Waals surface area contributed by atoms with Crippen LogP contribution < -0.4 is 5.32 Å². The molecule has 2 atom stereocenters. The van der Waals surface area contributed by atoms with Gasteiger partial charge in [0.2, 0.25) is 0 Å². The summed E-state index contributed by atoms with van der Waals surface area (Å²) in [4.78, 5) is 23.4. The first kappa shape index (κ1) is 15.9. The third kappa shape index (κ3) is 3.61. The highest BCUT2D eigenvalue weighted by atomic mass is 32.2. The zero-order valence-electron chi connectivity index (χ0n) is 12.3. The predicted octanol–water partition coefficient (Wildman–Crippen LogP) is 2.94. The summed E-state index contributed by atoms with van der Waals surface area (Å²) < 4.78 is 5.39. The van der Waals surface area contributed by atoms with E-state index in [0.29, 0.717) is 17.4 Å². The van der Waals surface area contributed by atoms with Gasteiger partial charge in [-0.05, 0) is 18.6 Å². The van der Waals surface area contributed by atoms with Crippen LogP contribution in [0.3, 0.4) is 0 Å². The van der Waals surface area contributed by atoms with Crippen molar-refractivity contribution in [2.24, 2.45) is 0 Å². The number of hydrogen-bond acceptors (Lipinski definition) is 4. The normalized spacial score (nSPS) is 21.4. The summed E-state index contributed by atoms with van der Waals surface area (Å²) in [6.45, 7) is 3.92. The Morgan fingerprint density at radius 2 is 2.19 bits per heavy atom. The number of amides is 1. The topological polar surface area (TPSA) is 79.5 Å². The van der Waals surface area contributed by atoms with Gasteiger partial charge < -0.3 is 14.8 Å². The molecule has 6 heteroatoms. The third-order valence-electron chi connectivity index (χ3n) is 3.73. The number of aromatic carboxylic acids is 1. The van der Waals surface area contributed by atoms with Gasteiger partial charge >= 0.3 is 5.97 Å². The number of nitrogens with one attached hydrogen (secondary N) is 1. The van der Waals surface area contributed by atoms with Gasteiger partial charge in [-0.3, -0.25) is 4.79 Å². The van der Waals surface area contributed by atoms with Crippen molar-refractivity contribution in [3.8, 4) is 0 Å². The van der Waals surface area contributed by atoms with Gasteiger partial charge in [-0.15, -0.1) is 0 Å². The number of thioether (sulfide) groups is 1. The van der Waals surface area contributed by atoms with E-state index in [1.165, 1.54) is 6.07 Å². The smallest absolute Gasteiger partial charge is 0.339 e. The summed E-state index contributed by atoms with van der Waals surface area (Å²) in [7, 11) is 0. The van der Waals surface area contributed by atoms with Crippen LogP contribution in [0.5, 0.6) is 0 Å². The molecule has 2 rings (SSSR count). The molecule has 2 N–H and O–H groups in total. The Bertz CT molecular complexity index is 526. The number of hydrogen-bond donors (Lipinski definition) is 2. The van der Waals surface area contributed by atoms with E-state index in [4.69, 9.17) is 9.52 Å². The monoisotopic (exact) mass is 311 g/mol. The van der Waals surface area contributed by atoms with Crippen LogP contribution in [0.1, 0.15) is 59.8 Å². The molecule has 1 fully saturated rings. The Morgan fingerprint density at radius 3 is 2.76 bits per heavy atom. The number of aryl methyl sites for hydroxylation is 1. The van der Waals surface area contributed by atoms with Gasteiger partial charge in [-0.2, -0.15) is 11.8 Å². The molecule has 0 bridgehead atoms. The highest BCUT2D eigenvalue weighted by Crippen LogP contribution is 2.30. The van der Waals surface area contributed by atoms with E-state index in [0.717, 1.165) is 25.0 Å². The number of carbonyl (C=O) groups excluding carboxylic acids is 1. The molecular weight excluding hydrogens is 290 g/mol. The van der Waals surface area contributed by atoms with Crippen molar-refractivity contribution in [3.63, 3.8) is 0 Å². The number of carbonyl (C=O) groups is 2. The summed E-state index contributed by atoms with van der Waals surface area (Å²) in [5.41, 5.74) is 0.0774. The Labute approximate surface area is 128 Å². The van der Waals surface area contributed by atoms with Gasteiger partial charge in [0.1, 0.15) is 11.3 Å². The largest absolute Gasteiger partial charge is 0.478 e. The van der Waals surface area contributed by atoms with Crippen LogP contribution in [0.2, 0.25) is 0 Å². The zero-order valence-corrected chi connectivity index (χ0v) is 13.2. The zero-order chi connectivity index (χ0) is 15.4. The lowest BCUT2D eigenvalue weighted by atomic mass is 10.2. The lowest BCUT2D eigenvalue weighted by Gasteiger charge is -2.19. The molecule has 1 amide bonds. The molecular formula is C15H21NO4S. The van der Waals surface area contributed by atoms with Crippen molar-refractivity contribution in [1.82, 2.24) is 5.32 Å². The summed E-state index contributed by atoms with van der Waals surface area (Å²) >= 11 is 1.86. The SMILES string of the molecule is CCSC1CCCC1NC(=O)c1cc(C(=O)O)c(CC)o1. The van der Waals surface area contributed by atoms with Crippen molar-refractivity contribution >= 4 is 23.6 Å². The molecule has 0 aliphatic heterocycles. The Morgan fingerprint density at radius 1 is 1.43 bits per heavy atom. The maximum absolute atomic E-state index is 12.2. The third-order valence-corrected chi connectivity index (χ3v) is 5.06. The highest BCUT2D eigenvalue weighted by molar-refractivity contribution is 7.99. The molecule has 1 heterocycles. The van der Waals surface area contributed by atoms with Crippen molar-refractivity contribution in [3.05, 3.63) is 23.2 Å². The average molecular weight is 311 g/mol. The van der Waals surface area contributed by atoms with Gasteiger partial charge in [0.05, 0.1) is 0 Å². The molecule has 0 saturated heterocycles. The van der Waals surface area contributed by atoms with Crippen molar-refractivity contribution in [2.45, 2.75) is 50.8 Å². The minimum atomic E-state index is -1.06. The van der Waals surface area contributed by atoms with Crippen LogP contribution in [0.15, 0.2) is 10.5 Å². The standard InChI is InChI=1S/C15H21NO4S/c1-3-11-9(15(18)19)8-12(20-11)14(17)16-10-6-5-7-13(10)21-4-2/h8,10,13H,3-7H2,1-2H3,(H,16,17)(H,18,19). The van der Waals surface area contributed by atoms with Crippen LogP contribution in [-0.2, 0) is 6.42 Å².